The second-order valence-corrected chi connectivity index (χ2v) is 7.18. The molecule has 0 spiro atoms. The summed E-state index contributed by atoms with van der Waals surface area (Å²) in [5.41, 5.74) is 0.891. The number of amides is 1. The molecule has 3 aromatic rings. The van der Waals surface area contributed by atoms with Gasteiger partial charge in [-0.2, -0.15) is 4.98 Å². The van der Waals surface area contributed by atoms with Crippen LogP contribution in [-0.4, -0.2) is 42.4 Å². The van der Waals surface area contributed by atoms with E-state index >= 15 is 0 Å². The molecule has 9 nitrogen and oxygen atoms in total. The molecule has 1 unspecified atom stereocenters. The maximum absolute atomic E-state index is 13.2. The Hall–Kier alpha value is -2.97. The number of aromatic nitrogens is 5. The van der Waals surface area contributed by atoms with Crippen LogP contribution in [0.3, 0.4) is 0 Å². The Bertz CT molecular complexity index is 1020. The van der Waals surface area contributed by atoms with Crippen molar-refractivity contribution in [2.45, 2.75) is 51.5 Å². The minimum atomic E-state index is -0.345. The van der Waals surface area contributed by atoms with Crippen molar-refractivity contribution in [2.24, 2.45) is 0 Å². The highest BCUT2D eigenvalue weighted by atomic mass is 16.5. The second-order valence-electron chi connectivity index (χ2n) is 7.18. The predicted molar refractivity (Wildman–Crippen MR) is 97.3 cm³/mol. The van der Waals surface area contributed by atoms with Crippen molar-refractivity contribution in [3.8, 4) is 0 Å². The van der Waals surface area contributed by atoms with Gasteiger partial charge in [0.1, 0.15) is 5.69 Å². The molecular formula is C18H22N6O3. The van der Waals surface area contributed by atoms with Gasteiger partial charge in [-0.1, -0.05) is 31.8 Å². The molecule has 9 heteroatoms. The van der Waals surface area contributed by atoms with E-state index in [0.717, 1.165) is 25.7 Å². The summed E-state index contributed by atoms with van der Waals surface area (Å²) < 4.78 is 5.36. The Morgan fingerprint density at radius 3 is 2.85 bits per heavy atom. The first kappa shape index (κ1) is 17.4. The van der Waals surface area contributed by atoms with Crippen LogP contribution in [0.1, 0.15) is 73.7 Å². The van der Waals surface area contributed by atoms with Gasteiger partial charge in [0.15, 0.2) is 11.5 Å². The summed E-state index contributed by atoms with van der Waals surface area (Å²) in [7, 11) is 0. The Balaban J connectivity index is 1.67. The normalized spacial score (nSPS) is 18.2. The molecule has 0 radical (unpaired) electrons. The molecule has 0 bridgehead atoms. The minimum absolute atomic E-state index is 0.135. The Kier molecular flexibility index (Phi) is 4.51. The van der Waals surface area contributed by atoms with E-state index in [4.69, 9.17) is 4.52 Å². The summed E-state index contributed by atoms with van der Waals surface area (Å²) in [4.78, 5) is 40.5. The van der Waals surface area contributed by atoms with Crippen LogP contribution in [0, 0.1) is 0 Å². The quantitative estimate of drug-likeness (QED) is 0.731. The molecule has 4 heterocycles. The van der Waals surface area contributed by atoms with Gasteiger partial charge in [-0.05, 0) is 25.0 Å². The van der Waals surface area contributed by atoms with Crippen molar-refractivity contribution < 1.29 is 9.32 Å². The van der Waals surface area contributed by atoms with E-state index in [1.54, 1.807) is 17.0 Å². The number of likely N-dealkylation sites (tertiary alicyclic amines) is 1. The monoisotopic (exact) mass is 370 g/mol. The predicted octanol–water partition coefficient (Wildman–Crippen LogP) is 2.52. The number of H-pyrrole nitrogens is 2. The number of aromatic amines is 2. The number of rotatable bonds is 3. The van der Waals surface area contributed by atoms with Crippen LogP contribution in [0.5, 0.6) is 0 Å². The Labute approximate surface area is 155 Å². The summed E-state index contributed by atoms with van der Waals surface area (Å²) in [6.45, 7) is 4.59. The molecule has 27 heavy (non-hydrogen) atoms. The largest absolute Gasteiger partial charge is 0.339 e. The maximum Gasteiger partial charge on any atom is 0.325 e. The highest BCUT2D eigenvalue weighted by molar-refractivity contribution is 5.94. The number of hydrogen-bond donors (Lipinski definition) is 2. The van der Waals surface area contributed by atoms with Crippen LogP contribution < -0.4 is 5.69 Å². The van der Waals surface area contributed by atoms with E-state index in [2.05, 4.69) is 25.1 Å². The van der Waals surface area contributed by atoms with E-state index in [0.29, 0.717) is 29.4 Å². The van der Waals surface area contributed by atoms with Crippen LogP contribution in [0.25, 0.3) is 11.2 Å². The summed E-state index contributed by atoms with van der Waals surface area (Å²) >= 11 is 0. The Morgan fingerprint density at radius 2 is 2.07 bits per heavy atom. The zero-order valence-corrected chi connectivity index (χ0v) is 15.4. The molecule has 0 saturated carbocycles. The highest BCUT2D eigenvalue weighted by Crippen LogP contribution is 2.30. The van der Waals surface area contributed by atoms with E-state index in [9.17, 15) is 9.59 Å². The molecule has 4 rings (SSSR count). The second kappa shape index (κ2) is 6.98. The lowest BCUT2D eigenvalue weighted by Crippen LogP contribution is -2.35. The molecule has 142 valence electrons. The smallest absolute Gasteiger partial charge is 0.325 e. The first-order chi connectivity index (χ1) is 13.0. The fourth-order valence-electron chi connectivity index (χ4n) is 3.42. The Morgan fingerprint density at radius 1 is 1.22 bits per heavy atom. The van der Waals surface area contributed by atoms with E-state index in [-0.39, 0.29) is 29.3 Å². The zero-order valence-electron chi connectivity index (χ0n) is 15.4. The number of carbonyl (C=O) groups is 1. The first-order valence-corrected chi connectivity index (χ1v) is 9.26. The maximum atomic E-state index is 13.2. The van der Waals surface area contributed by atoms with Crippen molar-refractivity contribution in [2.75, 3.05) is 6.54 Å². The topological polar surface area (TPSA) is 121 Å². The molecule has 1 aliphatic rings. The summed E-state index contributed by atoms with van der Waals surface area (Å²) in [5, 5.41) is 4.13. The van der Waals surface area contributed by atoms with Gasteiger partial charge >= 0.3 is 5.69 Å². The van der Waals surface area contributed by atoms with Crippen LogP contribution in [0.2, 0.25) is 0 Å². The number of hydrogen-bond acceptors (Lipinski definition) is 6. The van der Waals surface area contributed by atoms with Gasteiger partial charge < -0.3 is 14.4 Å². The van der Waals surface area contributed by atoms with Crippen molar-refractivity contribution in [3.05, 3.63) is 40.0 Å². The van der Waals surface area contributed by atoms with Gasteiger partial charge in [-0.15, -0.1) is 0 Å². The standard InChI is InChI=1S/C18H22N6O3/c1-10(2)16-21-15(23-27-16)13-6-4-3-5-9-24(13)17(25)12-8-7-11-14(19-12)22-18(26)20-11/h7-8,10,13H,3-6,9H2,1-2H3,(H2,19,20,22,26). The van der Waals surface area contributed by atoms with Crippen molar-refractivity contribution in [3.63, 3.8) is 0 Å². The van der Waals surface area contributed by atoms with Gasteiger partial charge in [0.05, 0.1) is 11.6 Å². The molecule has 0 aromatic carbocycles. The van der Waals surface area contributed by atoms with Gasteiger partial charge in [0.2, 0.25) is 5.89 Å². The lowest BCUT2D eigenvalue weighted by molar-refractivity contribution is 0.0664. The average Bonchev–Trinajstić information content (AvgIpc) is 3.20. The first-order valence-electron chi connectivity index (χ1n) is 9.26. The fourth-order valence-corrected chi connectivity index (χ4v) is 3.42. The molecular weight excluding hydrogens is 348 g/mol. The molecule has 1 saturated heterocycles. The number of fused-ring (bicyclic) bond motifs is 1. The third-order valence-electron chi connectivity index (χ3n) is 4.86. The molecule has 1 fully saturated rings. The van der Waals surface area contributed by atoms with E-state index in [1.807, 2.05) is 13.8 Å². The lowest BCUT2D eigenvalue weighted by atomic mass is 10.1. The zero-order chi connectivity index (χ0) is 19.0. The average molecular weight is 370 g/mol. The van der Waals surface area contributed by atoms with E-state index in [1.165, 1.54) is 0 Å². The van der Waals surface area contributed by atoms with Crippen LogP contribution in [0.4, 0.5) is 0 Å². The summed E-state index contributed by atoms with van der Waals surface area (Å²) in [6, 6.07) is 3.08. The van der Waals surface area contributed by atoms with Gasteiger partial charge in [0.25, 0.3) is 5.91 Å². The van der Waals surface area contributed by atoms with Gasteiger partial charge in [-0.25, -0.2) is 9.78 Å². The van der Waals surface area contributed by atoms with E-state index < -0.39 is 0 Å². The minimum Gasteiger partial charge on any atom is -0.339 e. The number of pyridine rings is 1. The highest BCUT2D eigenvalue weighted by Gasteiger charge is 2.32. The summed E-state index contributed by atoms with van der Waals surface area (Å²) in [5.74, 6) is 1.06. The molecule has 2 N–H and O–H groups in total. The fraction of sp³-hybridized carbons (Fsp3) is 0.500. The van der Waals surface area contributed by atoms with Crippen molar-refractivity contribution in [1.29, 1.82) is 0 Å². The van der Waals surface area contributed by atoms with Crippen LogP contribution >= 0.6 is 0 Å². The third kappa shape index (κ3) is 3.36. The molecule has 1 amide bonds. The molecule has 3 aromatic heterocycles. The molecule has 1 atom stereocenters. The number of carbonyl (C=O) groups excluding carboxylic acids is 1. The summed E-state index contributed by atoms with van der Waals surface area (Å²) in [6.07, 6.45) is 3.75. The van der Waals surface area contributed by atoms with Crippen LogP contribution in [-0.2, 0) is 0 Å². The van der Waals surface area contributed by atoms with Crippen LogP contribution in [0.15, 0.2) is 21.5 Å². The number of nitrogens with one attached hydrogen (secondary N) is 2. The number of imidazole rings is 1. The lowest BCUT2D eigenvalue weighted by Gasteiger charge is -2.27. The molecule has 1 aliphatic heterocycles. The van der Waals surface area contributed by atoms with Gasteiger partial charge in [-0.3, -0.25) is 9.78 Å². The van der Waals surface area contributed by atoms with Crippen molar-refractivity contribution in [1.82, 2.24) is 30.0 Å². The molecule has 0 aliphatic carbocycles. The SMILES string of the molecule is CC(C)c1nc(C2CCCCCN2C(=O)c2ccc3[nH]c(=O)[nH]c3n2)no1. The van der Waals surface area contributed by atoms with Crippen molar-refractivity contribution >= 4 is 17.1 Å². The van der Waals surface area contributed by atoms with Gasteiger partial charge in [0, 0.05) is 12.5 Å². The number of nitrogens with zero attached hydrogens (tertiary/aromatic N) is 4. The third-order valence-corrected chi connectivity index (χ3v) is 4.86.